The van der Waals surface area contributed by atoms with Gasteiger partial charge in [0.1, 0.15) is 5.75 Å². The largest absolute Gasteiger partial charge is 0.452 e. The average molecular weight is 296 g/mol. The summed E-state index contributed by atoms with van der Waals surface area (Å²) in [5.74, 6) is -1.43. The molecule has 3 nitrogen and oxygen atoms in total. The Morgan fingerprint density at radius 1 is 1.14 bits per heavy atom. The summed E-state index contributed by atoms with van der Waals surface area (Å²) in [7, 11) is 0. The Balaban J connectivity index is 2.45. The molecule has 0 saturated carbocycles. The number of nitrogens with zero attached hydrogens (tertiary/aromatic N) is 1. The summed E-state index contributed by atoms with van der Waals surface area (Å²) in [4.78, 5) is 0. The average Bonchev–Trinajstić information content (AvgIpc) is 2.42. The molecule has 0 unspecified atom stereocenters. The molecule has 0 aliphatic carbocycles. The van der Waals surface area contributed by atoms with Crippen molar-refractivity contribution < 1.29 is 22.3 Å². The smallest absolute Gasteiger partial charge is 0.417 e. The van der Waals surface area contributed by atoms with E-state index >= 15 is 0 Å². The van der Waals surface area contributed by atoms with Crippen LogP contribution in [-0.4, -0.2) is 0 Å². The Morgan fingerprint density at radius 3 is 2.43 bits per heavy atom. The van der Waals surface area contributed by atoms with Crippen LogP contribution in [0.4, 0.5) is 23.2 Å². The summed E-state index contributed by atoms with van der Waals surface area (Å²) in [6.07, 6.45) is -4.72. The van der Waals surface area contributed by atoms with Gasteiger partial charge in [-0.2, -0.15) is 18.4 Å². The quantitative estimate of drug-likeness (QED) is 0.670. The maximum atomic E-state index is 13.5. The van der Waals surface area contributed by atoms with Gasteiger partial charge in [-0.15, -0.1) is 0 Å². The van der Waals surface area contributed by atoms with E-state index in [1.165, 1.54) is 18.2 Å². The molecule has 2 aromatic rings. The third kappa shape index (κ3) is 3.05. The van der Waals surface area contributed by atoms with Gasteiger partial charge in [-0.05, 0) is 30.3 Å². The van der Waals surface area contributed by atoms with E-state index in [1.54, 1.807) is 0 Å². The van der Waals surface area contributed by atoms with Gasteiger partial charge in [0.25, 0.3) is 0 Å². The number of ether oxygens (including phenoxy) is 1. The lowest BCUT2D eigenvalue weighted by Gasteiger charge is -2.13. The van der Waals surface area contributed by atoms with Crippen LogP contribution in [0.3, 0.4) is 0 Å². The fraction of sp³-hybridized carbons (Fsp3) is 0.0714. The molecular formula is C14H8F4N2O. The van der Waals surface area contributed by atoms with E-state index in [0.717, 1.165) is 18.2 Å². The van der Waals surface area contributed by atoms with Crippen LogP contribution in [-0.2, 0) is 6.18 Å². The molecule has 0 saturated heterocycles. The van der Waals surface area contributed by atoms with E-state index in [9.17, 15) is 17.6 Å². The minimum atomic E-state index is -4.72. The highest BCUT2D eigenvalue weighted by molar-refractivity contribution is 5.55. The maximum Gasteiger partial charge on any atom is 0.417 e. The molecule has 0 aliphatic rings. The fourth-order valence-corrected chi connectivity index (χ4v) is 1.67. The first-order valence-electron chi connectivity index (χ1n) is 5.66. The lowest BCUT2D eigenvalue weighted by atomic mass is 10.1. The van der Waals surface area contributed by atoms with Crippen molar-refractivity contribution in [3.63, 3.8) is 0 Å². The number of benzene rings is 2. The number of anilines is 1. The minimum absolute atomic E-state index is 0.0482. The lowest BCUT2D eigenvalue weighted by Crippen LogP contribution is -2.08. The Bertz CT molecular complexity index is 700. The number of hydrogen-bond donors (Lipinski definition) is 1. The number of nitrogens with two attached hydrogens (primary N) is 1. The molecule has 7 heteroatoms. The van der Waals surface area contributed by atoms with Crippen molar-refractivity contribution in [2.24, 2.45) is 0 Å². The summed E-state index contributed by atoms with van der Waals surface area (Å²) >= 11 is 0. The molecule has 2 rings (SSSR count). The number of hydrogen-bond acceptors (Lipinski definition) is 3. The normalized spacial score (nSPS) is 11.0. The highest BCUT2D eigenvalue weighted by Crippen LogP contribution is 2.36. The zero-order valence-electron chi connectivity index (χ0n) is 10.4. The second-order valence-corrected chi connectivity index (χ2v) is 4.08. The highest BCUT2D eigenvalue weighted by atomic mass is 19.4. The molecule has 0 fully saturated rings. The number of nitrogen functional groups attached to an aromatic ring is 1. The van der Waals surface area contributed by atoms with Crippen LogP contribution >= 0.6 is 0 Å². The molecule has 0 aliphatic heterocycles. The predicted octanol–water partition coefficient (Wildman–Crippen LogP) is 4.09. The Morgan fingerprint density at radius 2 is 1.86 bits per heavy atom. The number of rotatable bonds is 2. The first kappa shape index (κ1) is 14.7. The third-order valence-corrected chi connectivity index (χ3v) is 2.63. The lowest BCUT2D eigenvalue weighted by molar-refractivity contribution is -0.137. The van der Waals surface area contributed by atoms with Gasteiger partial charge < -0.3 is 10.5 Å². The zero-order chi connectivity index (χ0) is 15.6. The number of halogens is 4. The molecule has 0 heterocycles. The SMILES string of the molecule is N#Cc1ccc(Oc2c(N)cccc2F)cc1C(F)(F)F. The fourth-order valence-electron chi connectivity index (χ4n) is 1.67. The molecule has 2 N–H and O–H groups in total. The van der Waals surface area contributed by atoms with Gasteiger partial charge in [-0.3, -0.25) is 0 Å². The van der Waals surface area contributed by atoms with Gasteiger partial charge in [-0.25, -0.2) is 4.39 Å². The van der Waals surface area contributed by atoms with Crippen LogP contribution in [0, 0.1) is 17.1 Å². The first-order valence-corrected chi connectivity index (χ1v) is 5.66. The molecular weight excluding hydrogens is 288 g/mol. The molecule has 0 spiro atoms. The number of nitriles is 1. The summed E-state index contributed by atoms with van der Waals surface area (Å²) in [6.45, 7) is 0. The molecule has 0 atom stereocenters. The molecule has 0 aromatic heterocycles. The topological polar surface area (TPSA) is 59.0 Å². The van der Waals surface area contributed by atoms with E-state index < -0.39 is 23.1 Å². The van der Waals surface area contributed by atoms with Gasteiger partial charge in [0, 0.05) is 0 Å². The molecule has 2 aromatic carbocycles. The third-order valence-electron chi connectivity index (χ3n) is 2.63. The standard InChI is InChI=1S/C14H8F4N2O/c15-11-2-1-3-12(20)13(11)21-9-5-4-8(7-19)10(6-9)14(16,17)18/h1-6H,20H2. The summed E-state index contributed by atoms with van der Waals surface area (Å²) in [5, 5.41) is 8.68. The molecule has 108 valence electrons. The van der Waals surface area contributed by atoms with Gasteiger partial charge in [0.15, 0.2) is 11.6 Å². The Labute approximate surface area is 117 Å². The maximum absolute atomic E-state index is 13.5. The summed E-state index contributed by atoms with van der Waals surface area (Å²) in [5.41, 5.74) is 3.76. The van der Waals surface area contributed by atoms with Gasteiger partial charge in [-0.1, -0.05) is 6.07 Å². The summed E-state index contributed by atoms with van der Waals surface area (Å²) < 4.78 is 57.0. The van der Waals surface area contributed by atoms with Crippen molar-refractivity contribution in [2.75, 3.05) is 5.73 Å². The van der Waals surface area contributed by atoms with Crippen LogP contribution < -0.4 is 10.5 Å². The van der Waals surface area contributed by atoms with Crippen LogP contribution in [0.25, 0.3) is 0 Å². The van der Waals surface area contributed by atoms with E-state index in [0.29, 0.717) is 6.07 Å². The van der Waals surface area contributed by atoms with E-state index in [4.69, 9.17) is 15.7 Å². The van der Waals surface area contributed by atoms with Crippen molar-refractivity contribution in [1.29, 1.82) is 5.26 Å². The van der Waals surface area contributed by atoms with Gasteiger partial charge >= 0.3 is 6.18 Å². The van der Waals surface area contributed by atoms with Crippen molar-refractivity contribution in [3.05, 3.63) is 53.3 Å². The second-order valence-electron chi connectivity index (χ2n) is 4.08. The van der Waals surface area contributed by atoms with Crippen molar-refractivity contribution in [2.45, 2.75) is 6.18 Å². The van der Waals surface area contributed by atoms with E-state index in [2.05, 4.69) is 0 Å². The molecule has 0 bridgehead atoms. The van der Waals surface area contributed by atoms with Crippen LogP contribution in [0.15, 0.2) is 36.4 Å². The van der Waals surface area contributed by atoms with Crippen LogP contribution in [0.2, 0.25) is 0 Å². The second kappa shape index (κ2) is 5.32. The Hall–Kier alpha value is -2.75. The van der Waals surface area contributed by atoms with Gasteiger partial charge in [0.05, 0.1) is 22.9 Å². The summed E-state index contributed by atoms with van der Waals surface area (Å²) in [6, 6.07) is 7.93. The molecule has 0 amide bonds. The predicted molar refractivity (Wildman–Crippen MR) is 67.0 cm³/mol. The van der Waals surface area contributed by atoms with Gasteiger partial charge in [0.2, 0.25) is 0 Å². The minimum Gasteiger partial charge on any atom is -0.452 e. The van der Waals surface area contributed by atoms with Crippen LogP contribution in [0.1, 0.15) is 11.1 Å². The van der Waals surface area contributed by atoms with Crippen molar-refractivity contribution >= 4 is 5.69 Å². The monoisotopic (exact) mass is 296 g/mol. The molecule has 21 heavy (non-hydrogen) atoms. The number of para-hydroxylation sites is 1. The molecule has 0 radical (unpaired) electrons. The Kier molecular flexibility index (Phi) is 3.72. The highest BCUT2D eigenvalue weighted by Gasteiger charge is 2.34. The zero-order valence-corrected chi connectivity index (χ0v) is 10.4. The van der Waals surface area contributed by atoms with Crippen LogP contribution in [0.5, 0.6) is 11.5 Å². The van der Waals surface area contributed by atoms with Crippen molar-refractivity contribution in [1.82, 2.24) is 0 Å². The number of alkyl halides is 3. The van der Waals surface area contributed by atoms with E-state index in [-0.39, 0.29) is 17.2 Å². The van der Waals surface area contributed by atoms with Crippen molar-refractivity contribution in [3.8, 4) is 17.6 Å². The first-order chi connectivity index (χ1) is 9.82. The van der Waals surface area contributed by atoms with E-state index in [1.807, 2.05) is 0 Å².